The predicted octanol–water partition coefficient (Wildman–Crippen LogP) is 3.48. The van der Waals surface area contributed by atoms with E-state index in [1.807, 2.05) is 24.3 Å². The van der Waals surface area contributed by atoms with Gasteiger partial charge < -0.3 is 10.6 Å². The number of hydrogen-bond acceptors (Lipinski definition) is 3. The maximum atomic E-state index is 9.12. The minimum Gasteiger partial charge on any atom is -0.398 e. The average Bonchev–Trinajstić information content (AvgIpc) is 2.98. The third-order valence-corrected chi connectivity index (χ3v) is 3.93. The van der Waals surface area contributed by atoms with Crippen LogP contribution in [0.25, 0.3) is 0 Å². The van der Waals surface area contributed by atoms with Crippen molar-refractivity contribution in [1.29, 1.82) is 5.26 Å². The minimum atomic E-state index is 0.395. The number of hydrogen-bond donors (Lipinski definition) is 1. The summed E-state index contributed by atoms with van der Waals surface area (Å²) in [5, 5.41) is 9.12. The molecular formula is C17H17N3. The third kappa shape index (κ3) is 2.21. The van der Waals surface area contributed by atoms with Crippen LogP contribution in [0.1, 0.15) is 30.0 Å². The van der Waals surface area contributed by atoms with E-state index in [-0.39, 0.29) is 0 Å². The van der Waals surface area contributed by atoms with Crippen LogP contribution in [0.2, 0.25) is 0 Å². The molecule has 1 unspecified atom stereocenters. The number of nitrogens with zero attached hydrogens (tertiary/aromatic N) is 2. The van der Waals surface area contributed by atoms with Crippen LogP contribution < -0.4 is 10.6 Å². The Morgan fingerprint density at radius 1 is 1.15 bits per heavy atom. The topological polar surface area (TPSA) is 53.0 Å². The summed E-state index contributed by atoms with van der Waals surface area (Å²) >= 11 is 0. The molecule has 0 aliphatic carbocycles. The van der Waals surface area contributed by atoms with Gasteiger partial charge in [-0.15, -0.1) is 0 Å². The summed E-state index contributed by atoms with van der Waals surface area (Å²) in [7, 11) is 0. The summed E-state index contributed by atoms with van der Waals surface area (Å²) in [6.45, 7) is 1.02. The van der Waals surface area contributed by atoms with Gasteiger partial charge in [0.25, 0.3) is 0 Å². The lowest BCUT2D eigenvalue weighted by Crippen LogP contribution is -2.22. The normalized spacial score (nSPS) is 17.9. The first-order valence-electron chi connectivity index (χ1n) is 6.91. The highest BCUT2D eigenvalue weighted by atomic mass is 15.2. The molecule has 0 aromatic heterocycles. The van der Waals surface area contributed by atoms with Crippen molar-refractivity contribution in [2.24, 2.45) is 0 Å². The molecule has 0 amide bonds. The van der Waals surface area contributed by atoms with E-state index in [0.29, 0.717) is 17.3 Å². The number of nitrogens with two attached hydrogens (primary N) is 1. The zero-order chi connectivity index (χ0) is 13.9. The summed E-state index contributed by atoms with van der Waals surface area (Å²) in [6.07, 6.45) is 2.32. The van der Waals surface area contributed by atoms with E-state index in [2.05, 4.69) is 35.2 Å². The first-order chi connectivity index (χ1) is 9.79. The molecule has 3 rings (SSSR count). The van der Waals surface area contributed by atoms with Gasteiger partial charge in [-0.1, -0.05) is 30.3 Å². The smallest absolute Gasteiger partial charge is 0.101 e. The maximum Gasteiger partial charge on any atom is 0.101 e. The standard InChI is InChI=1S/C17H17N3/c18-12-14-11-15(8-9-16(14)19)20-10-4-7-17(20)13-5-2-1-3-6-13/h1-3,5-6,8-9,11,17H,4,7,10,19H2. The quantitative estimate of drug-likeness (QED) is 0.844. The lowest BCUT2D eigenvalue weighted by Gasteiger charge is -2.27. The molecule has 1 atom stereocenters. The van der Waals surface area contributed by atoms with Crippen molar-refractivity contribution in [2.75, 3.05) is 17.2 Å². The van der Waals surface area contributed by atoms with Gasteiger partial charge in [0, 0.05) is 17.9 Å². The fraction of sp³-hybridized carbons (Fsp3) is 0.235. The largest absolute Gasteiger partial charge is 0.398 e. The Bertz CT molecular complexity index is 643. The van der Waals surface area contributed by atoms with Crippen molar-refractivity contribution in [1.82, 2.24) is 0 Å². The molecule has 20 heavy (non-hydrogen) atoms. The minimum absolute atomic E-state index is 0.395. The number of anilines is 2. The Kier molecular flexibility index (Phi) is 3.30. The fourth-order valence-corrected chi connectivity index (χ4v) is 2.92. The predicted molar refractivity (Wildman–Crippen MR) is 81.3 cm³/mol. The molecule has 100 valence electrons. The molecule has 3 nitrogen and oxygen atoms in total. The molecule has 1 heterocycles. The van der Waals surface area contributed by atoms with Crippen molar-refractivity contribution in [2.45, 2.75) is 18.9 Å². The summed E-state index contributed by atoms with van der Waals surface area (Å²) in [5.74, 6) is 0. The zero-order valence-corrected chi connectivity index (χ0v) is 11.3. The number of rotatable bonds is 2. The van der Waals surface area contributed by atoms with E-state index in [1.54, 1.807) is 0 Å². The van der Waals surface area contributed by atoms with E-state index in [4.69, 9.17) is 11.0 Å². The van der Waals surface area contributed by atoms with Gasteiger partial charge in [-0.25, -0.2) is 0 Å². The Morgan fingerprint density at radius 2 is 1.95 bits per heavy atom. The van der Waals surface area contributed by atoms with Gasteiger partial charge in [0.05, 0.1) is 11.6 Å². The zero-order valence-electron chi connectivity index (χ0n) is 11.3. The maximum absolute atomic E-state index is 9.12. The van der Waals surface area contributed by atoms with Gasteiger partial charge in [-0.3, -0.25) is 0 Å². The van der Waals surface area contributed by atoms with Gasteiger partial charge in [-0.2, -0.15) is 5.26 Å². The lowest BCUT2D eigenvalue weighted by molar-refractivity contribution is 0.719. The molecule has 1 aliphatic heterocycles. The molecule has 2 aromatic carbocycles. The van der Waals surface area contributed by atoms with Crippen LogP contribution in [-0.4, -0.2) is 6.54 Å². The van der Waals surface area contributed by atoms with Crippen molar-refractivity contribution < 1.29 is 0 Å². The molecule has 2 N–H and O–H groups in total. The van der Waals surface area contributed by atoms with Gasteiger partial charge in [-0.05, 0) is 36.6 Å². The van der Waals surface area contributed by atoms with E-state index < -0.39 is 0 Å². The van der Waals surface area contributed by atoms with Crippen molar-refractivity contribution in [3.8, 4) is 6.07 Å². The summed E-state index contributed by atoms with van der Waals surface area (Å²) < 4.78 is 0. The third-order valence-electron chi connectivity index (χ3n) is 3.93. The highest BCUT2D eigenvalue weighted by Crippen LogP contribution is 2.36. The molecular weight excluding hydrogens is 246 g/mol. The fourth-order valence-electron chi connectivity index (χ4n) is 2.92. The first kappa shape index (κ1) is 12.6. The first-order valence-corrected chi connectivity index (χ1v) is 6.91. The van der Waals surface area contributed by atoms with Gasteiger partial charge in [0.2, 0.25) is 0 Å². The Hall–Kier alpha value is -2.47. The van der Waals surface area contributed by atoms with Crippen LogP contribution in [0, 0.1) is 11.3 Å². The van der Waals surface area contributed by atoms with Gasteiger partial charge in [0.1, 0.15) is 6.07 Å². The Labute approximate surface area is 119 Å². The van der Waals surface area contributed by atoms with Crippen LogP contribution in [0.5, 0.6) is 0 Å². The van der Waals surface area contributed by atoms with Gasteiger partial charge >= 0.3 is 0 Å². The second kappa shape index (κ2) is 5.26. The molecule has 0 spiro atoms. The van der Waals surface area contributed by atoms with Crippen LogP contribution in [-0.2, 0) is 0 Å². The van der Waals surface area contributed by atoms with Crippen molar-refractivity contribution in [3.05, 3.63) is 59.7 Å². The number of nitriles is 1. The SMILES string of the molecule is N#Cc1cc(N2CCCC2c2ccccc2)ccc1N. The molecule has 1 fully saturated rings. The lowest BCUT2D eigenvalue weighted by atomic mass is 10.0. The monoisotopic (exact) mass is 263 g/mol. The van der Waals surface area contributed by atoms with E-state index in [0.717, 1.165) is 18.7 Å². The van der Waals surface area contributed by atoms with Crippen LogP contribution >= 0.6 is 0 Å². The summed E-state index contributed by atoms with van der Waals surface area (Å²) in [6, 6.07) is 18.8. The van der Waals surface area contributed by atoms with Crippen molar-refractivity contribution in [3.63, 3.8) is 0 Å². The summed E-state index contributed by atoms with van der Waals surface area (Å²) in [4.78, 5) is 2.37. The van der Waals surface area contributed by atoms with E-state index >= 15 is 0 Å². The van der Waals surface area contributed by atoms with Crippen LogP contribution in [0.4, 0.5) is 11.4 Å². The second-order valence-corrected chi connectivity index (χ2v) is 5.15. The molecule has 3 heteroatoms. The highest BCUT2D eigenvalue weighted by molar-refractivity contribution is 5.63. The molecule has 2 aromatic rings. The van der Waals surface area contributed by atoms with Crippen LogP contribution in [0.3, 0.4) is 0 Å². The van der Waals surface area contributed by atoms with Crippen LogP contribution in [0.15, 0.2) is 48.5 Å². The summed E-state index contributed by atoms with van der Waals surface area (Å²) in [5.41, 5.74) is 9.33. The van der Waals surface area contributed by atoms with Gasteiger partial charge in [0.15, 0.2) is 0 Å². The number of benzene rings is 2. The molecule has 0 radical (unpaired) electrons. The Morgan fingerprint density at radius 3 is 2.70 bits per heavy atom. The molecule has 1 saturated heterocycles. The van der Waals surface area contributed by atoms with E-state index in [1.165, 1.54) is 12.0 Å². The molecule has 0 bridgehead atoms. The Balaban J connectivity index is 1.95. The highest BCUT2D eigenvalue weighted by Gasteiger charge is 2.26. The molecule has 1 aliphatic rings. The average molecular weight is 263 g/mol. The second-order valence-electron chi connectivity index (χ2n) is 5.15. The van der Waals surface area contributed by atoms with E-state index in [9.17, 15) is 0 Å². The number of nitrogen functional groups attached to an aromatic ring is 1. The van der Waals surface area contributed by atoms with Crippen molar-refractivity contribution >= 4 is 11.4 Å². The molecule has 0 saturated carbocycles.